The summed E-state index contributed by atoms with van der Waals surface area (Å²) in [6.45, 7) is 1.37. The molecule has 0 amide bonds. The van der Waals surface area contributed by atoms with Crippen molar-refractivity contribution in [3.05, 3.63) is 29.8 Å². The van der Waals surface area contributed by atoms with Gasteiger partial charge in [0.1, 0.15) is 5.75 Å². The lowest BCUT2D eigenvalue weighted by Gasteiger charge is -2.36. The van der Waals surface area contributed by atoms with Crippen LogP contribution in [0.2, 0.25) is 0 Å². The first-order valence-electron chi connectivity index (χ1n) is 8.71. The molecule has 0 spiro atoms. The first kappa shape index (κ1) is 20.5. The van der Waals surface area contributed by atoms with Gasteiger partial charge in [-0.15, -0.1) is 0 Å². The molecule has 0 aromatic heterocycles. The van der Waals surface area contributed by atoms with Gasteiger partial charge in [-0.2, -0.15) is 17.0 Å². The molecule has 1 aliphatic rings. The van der Waals surface area contributed by atoms with Gasteiger partial charge in [0.25, 0.3) is 10.2 Å². The Morgan fingerprint density at radius 3 is 2.81 bits per heavy atom. The van der Waals surface area contributed by atoms with Gasteiger partial charge in [-0.3, -0.25) is 0 Å². The van der Waals surface area contributed by atoms with E-state index in [1.165, 1.54) is 4.31 Å². The van der Waals surface area contributed by atoms with Crippen molar-refractivity contribution < 1.29 is 13.2 Å². The van der Waals surface area contributed by atoms with Crippen molar-refractivity contribution in [1.29, 1.82) is 0 Å². The lowest BCUT2D eigenvalue weighted by Crippen LogP contribution is -2.53. The standard InChI is InChI=1S/C17H29N5O3S/c1-21(2)26(23,24)22-11-7-6-9-15(22)13-20-17(18)19-12-14-8-4-5-10-16(14)25-3/h4-5,8,10,15H,6-7,9,11-13H2,1-3H3,(H3,18,19,20). The molecule has 3 N–H and O–H groups in total. The Morgan fingerprint density at radius 1 is 1.38 bits per heavy atom. The van der Waals surface area contributed by atoms with Gasteiger partial charge in [0.05, 0.1) is 13.7 Å². The van der Waals surface area contributed by atoms with E-state index in [1.54, 1.807) is 25.5 Å². The molecule has 8 nitrogen and oxygen atoms in total. The van der Waals surface area contributed by atoms with Crippen LogP contribution in [0.3, 0.4) is 0 Å². The fourth-order valence-corrected chi connectivity index (χ4v) is 4.31. The highest BCUT2D eigenvalue weighted by molar-refractivity contribution is 7.86. The number of ether oxygens (including phenoxy) is 1. The van der Waals surface area contributed by atoms with Gasteiger partial charge in [-0.1, -0.05) is 24.6 Å². The number of nitrogens with two attached hydrogens (primary N) is 1. The Kier molecular flexibility index (Phi) is 7.24. The number of guanidine groups is 1. The van der Waals surface area contributed by atoms with E-state index < -0.39 is 10.2 Å². The van der Waals surface area contributed by atoms with Crippen molar-refractivity contribution in [1.82, 2.24) is 13.9 Å². The number of aliphatic imine (C=N–C) groups is 1. The van der Waals surface area contributed by atoms with Gasteiger partial charge >= 0.3 is 0 Å². The summed E-state index contributed by atoms with van der Waals surface area (Å²) in [6.07, 6.45) is 2.69. The Bertz CT molecular complexity index is 721. The second-order valence-corrected chi connectivity index (χ2v) is 8.54. The van der Waals surface area contributed by atoms with Crippen molar-refractivity contribution in [2.45, 2.75) is 31.8 Å². The second kappa shape index (κ2) is 9.20. The van der Waals surface area contributed by atoms with E-state index >= 15 is 0 Å². The lowest BCUT2D eigenvalue weighted by atomic mass is 10.1. The zero-order valence-corrected chi connectivity index (χ0v) is 16.5. The molecule has 1 saturated heterocycles. The van der Waals surface area contributed by atoms with Gasteiger partial charge in [0.15, 0.2) is 5.96 Å². The zero-order valence-electron chi connectivity index (χ0n) is 15.7. The Morgan fingerprint density at radius 2 is 2.12 bits per heavy atom. The third-order valence-corrected chi connectivity index (χ3v) is 6.46. The van der Waals surface area contributed by atoms with Crippen LogP contribution in [0.25, 0.3) is 0 Å². The summed E-state index contributed by atoms with van der Waals surface area (Å²) >= 11 is 0. The van der Waals surface area contributed by atoms with Crippen LogP contribution in [0.4, 0.5) is 0 Å². The Hall–Kier alpha value is -1.84. The highest BCUT2D eigenvalue weighted by atomic mass is 32.2. The van der Waals surface area contributed by atoms with Gasteiger partial charge < -0.3 is 15.8 Å². The summed E-state index contributed by atoms with van der Waals surface area (Å²) in [6, 6.07) is 7.50. The van der Waals surface area contributed by atoms with E-state index in [9.17, 15) is 8.42 Å². The van der Waals surface area contributed by atoms with Crippen LogP contribution in [0.5, 0.6) is 5.75 Å². The van der Waals surface area contributed by atoms with Crippen LogP contribution in [0.1, 0.15) is 24.8 Å². The van der Waals surface area contributed by atoms with E-state index in [0.29, 0.717) is 25.6 Å². The second-order valence-electron chi connectivity index (χ2n) is 6.44. The summed E-state index contributed by atoms with van der Waals surface area (Å²) < 4.78 is 33.0. The molecule has 0 saturated carbocycles. The van der Waals surface area contributed by atoms with Crippen molar-refractivity contribution in [2.24, 2.45) is 10.7 Å². The monoisotopic (exact) mass is 383 g/mol. The number of methoxy groups -OCH3 is 1. The van der Waals surface area contributed by atoms with E-state index in [1.807, 2.05) is 24.3 Å². The SMILES string of the molecule is COc1ccccc1CN=C(N)NCC1CCCCN1S(=O)(=O)N(C)C. The van der Waals surface area contributed by atoms with E-state index in [0.717, 1.165) is 30.6 Å². The molecule has 26 heavy (non-hydrogen) atoms. The molecule has 0 radical (unpaired) electrons. The van der Waals surface area contributed by atoms with Crippen molar-refractivity contribution in [3.63, 3.8) is 0 Å². The minimum atomic E-state index is -3.43. The normalized spacial score (nSPS) is 19.5. The Labute approximate surface area is 156 Å². The minimum Gasteiger partial charge on any atom is -0.496 e. The first-order valence-corrected chi connectivity index (χ1v) is 10.1. The lowest BCUT2D eigenvalue weighted by molar-refractivity contribution is 0.240. The molecule has 1 aromatic rings. The van der Waals surface area contributed by atoms with Crippen LogP contribution in [0.15, 0.2) is 29.3 Å². The highest BCUT2D eigenvalue weighted by Gasteiger charge is 2.33. The number of nitrogens with zero attached hydrogens (tertiary/aromatic N) is 3. The average molecular weight is 384 g/mol. The Balaban J connectivity index is 1.97. The number of nitrogens with one attached hydrogen (secondary N) is 1. The zero-order chi connectivity index (χ0) is 19.2. The topological polar surface area (TPSA) is 100 Å². The van der Waals surface area contributed by atoms with Crippen LogP contribution in [-0.4, -0.2) is 63.3 Å². The number of benzene rings is 1. The number of piperidine rings is 1. The van der Waals surface area contributed by atoms with E-state index in [-0.39, 0.29) is 6.04 Å². The molecule has 1 heterocycles. The molecule has 1 aliphatic heterocycles. The summed E-state index contributed by atoms with van der Waals surface area (Å²) in [5, 5.41) is 3.06. The van der Waals surface area contributed by atoms with Crippen LogP contribution >= 0.6 is 0 Å². The molecule has 1 fully saturated rings. The summed E-state index contributed by atoms with van der Waals surface area (Å²) in [5.74, 6) is 1.06. The molecule has 2 rings (SSSR count). The van der Waals surface area contributed by atoms with Crippen LogP contribution in [-0.2, 0) is 16.8 Å². The number of rotatable bonds is 7. The first-order chi connectivity index (χ1) is 12.4. The molecule has 0 bridgehead atoms. The predicted molar refractivity (Wildman–Crippen MR) is 103 cm³/mol. The maximum Gasteiger partial charge on any atom is 0.281 e. The smallest absolute Gasteiger partial charge is 0.281 e. The van der Waals surface area contributed by atoms with Crippen molar-refractivity contribution in [2.75, 3.05) is 34.3 Å². The molecule has 146 valence electrons. The summed E-state index contributed by atoms with van der Waals surface area (Å²) in [7, 11) is 1.29. The van der Waals surface area contributed by atoms with Crippen LogP contribution < -0.4 is 15.8 Å². The number of para-hydroxylation sites is 1. The molecular weight excluding hydrogens is 354 g/mol. The molecule has 9 heteroatoms. The summed E-state index contributed by atoms with van der Waals surface area (Å²) in [4.78, 5) is 4.33. The van der Waals surface area contributed by atoms with Crippen LogP contribution in [0, 0.1) is 0 Å². The molecule has 1 aromatic carbocycles. The van der Waals surface area contributed by atoms with Gasteiger partial charge in [-0.25, -0.2) is 4.99 Å². The third-order valence-electron chi connectivity index (χ3n) is 4.46. The molecule has 0 aliphatic carbocycles. The number of hydrogen-bond acceptors (Lipinski definition) is 4. The highest BCUT2D eigenvalue weighted by Crippen LogP contribution is 2.21. The molecule has 1 atom stereocenters. The minimum absolute atomic E-state index is 0.129. The molecule has 1 unspecified atom stereocenters. The largest absolute Gasteiger partial charge is 0.496 e. The summed E-state index contributed by atoms with van der Waals surface area (Å²) in [5.41, 5.74) is 6.90. The van der Waals surface area contributed by atoms with E-state index in [2.05, 4.69) is 10.3 Å². The third kappa shape index (κ3) is 5.09. The van der Waals surface area contributed by atoms with Crippen molar-refractivity contribution >= 4 is 16.2 Å². The van der Waals surface area contributed by atoms with Gasteiger partial charge in [0.2, 0.25) is 0 Å². The average Bonchev–Trinajstić information content (AvgIpc) is 2.64. The number of hydrogen-bond donors (Lipinski definition) is 2. The predicted octanol–water partition coefficient (Wildman–Crippen LogP) is 0.760. The van der Waals surface area contributed by atoms with Crippen molar-refractivity contribution in [3.8, 4) is 5.75 Å². The maximum absolute atomic E-state index is 12.5. The van der Waals surface area contributed by atoms with E-state index in [4.69, 9.17) is 10.5 Å². The molecular formula is C17H29N5O3S. The van der Waals surface area contributed by atoms with Gasteiger partial charge in [-0.05, 0) is 18.9 Å². The quantitative estimate of drug-likeness (QED) is 0.535. The fraction of sp³-hybridized carbons (Fsp3) is 0.588. The van der Waals surface area contributed by atoms with Gasteiger partial charge in [0, 0.05) is 38.8 Å². The fourth-order valence-electron chi connectivity index (χ4n) is 2.97. The maximum atomic E-state index is 12.5.